The lowest BCUT2D eigenvalue weighted by Crippen LogP contribution is -2.08. The van der Waals surface area contributed by atoms with Crippen LogP contribution < -0.4 is 9.47 Å². The molecule has 0 aliphatic rings. The van der Waals surface area contributed by atoms with Crippen LogP contribution in [0.1, 0.15) is 48.4 Å². The molecule has 0 spiro atoms. The zero-order valence-corrected chi connectivity index (χ0v) is 18.5. The molecule has 0 heterocycles. The van der Waals surface area contributed by atoms with Gasteiger partial charge >= 0.3 is 11.9 Å². The molecule has 3 aromatic carbocycles. The van der Waals surface area contributed by atoms with Gasteiger partial charge in [0.15, 0.2) is 0 Å². The molecule has 0 amide bonds. The topological polar surface area (TPSA) is 93.1 Å². The fourth-order valence-corrected chi connectivity index (χ4v) is 3.50. The van der Waals surface area contributed by atoms with Gasteiger partial charge < -0.3 is 19.7 Å². The van der Waals surface area contributed by atoms with Crippen LogP contribution >= 0.6 is 0 Å². The Balaban J connectivity index is 2.23. The average molecular weight is 434 g/mol. The van der Waals surface area contributed by atoms with Crippen molar-refractivity contribution < 1.29 is 29.3 Å². The normalized spacial score (nSPS) is 10.9. The Labute approximate surface area is 187 Å². The first kappa shape index (κ1) is 22.9. The number of carbonyl (C=O) groups is 2. The summed E-state index contributed by atoms with van der Waals surface area (Å²) in [6.45, 7) is 7.66. The van der Waals surface area contributed by atoms with Gasteiger partial charge in [-0.3, -0.25) is 0 Å². The molecule has 0 saturated carbocycles. The first-order chi connectivity index (χ1) is 15.2. The standard InChI is InChI=1S/C26H26O6/c1-15(2)31-19-9-5-17(6-10-19)23-21(25(27)28)13-14-22(26(29)30)24(23)18-7-11-20(12-8-18)32-16(3)4/h5-16H,1-4H3,(H,27,28)(H,29,30). The van der Waals surface area contributed by atoms with Gasteiger partial charge in [0.1, 0.15) is 11.5 Å². The SMILES string of the molecule is CC(C)Oc1ccc(-c2c(C(=O)O)ccc(C(=O)O)c2-c2ccc(OC(C)C)cc2)cc1. The highest BCUT2D eigenvalue weighted by atomic mass is 16.5. The van der Waals surface area contributed by atoms with Crippen molar-refractivity contribution in [3.8, 4) is 33.8 Å². The summed E-state index contributed by atoms with van der Waals surface area (Å²) in [5, 5.41) is 19.7. The fourth-order valence-electron chi connectivity index (χ4n) is 3.50. The van der Waals surface area contributed by atoms with Crippen LogP contribution in [0.3, 0.4) is 0 Å². The Hall–Kier alpha value is -3.80. The van der Waals surface area contributed by atoms with Crippen LogP contribution in [-0.2, 0) is 0 Å². The zero-order chi connectivity index (χ0) is 23.4. The predicted molar refractivity (Wildman–Crippen MR) is 123 cm³/mol. The van der Waals surface area contributed by atoms with E-state index >= 15 is 0 Å². The molecule has 0 radical (unpaired) electrons. The molecule has 2 N–H and O–H groups in total. The van der Waals surface area contributed by atoms with E-state index in [-0.39, 0.29) is 23.3 Å². The Morgan fingerprint density at radius 1 is 0.594 bits per heavy atom. The fraction of sp³-hybridized carbons (Fsp3) is 0.231. The van der Waals surface area contributed by atoms with Gasteiger partial charge in [-0.15, -0.1) is 0 Å². The van der Waals surface area contributed by atoms with Gasteiger partial charge in [0.2, 0.25) is 0 Å². The maximum atomic E-state index is 12.1. The summed E-state index contributed by atoms with van der Waals surface area (Å²) in [4.78, 5) is 24.1. The van der Waals surface area contributed by atoms with E-state index in [1.165, 1.54) is 12.1 Å². The molecule has 3 aromatic rings. The first-order valence-corrected chi connectivity index (χ1v) is 10.3. The van der Waals surface area contributed by atoms with Gasteiger partial charge in [0, 0.05) is 11.1 Å². The van der Waals surface area contributed by atoms with Gasteiger partial charge in [-0.1, -0.05) is 24.3 Å². The van der Waals surface area contributed by atoms with Crippen LogP contribution in [0.4, 0.5) is 0 Å². The number of benzene rings is 3. The molecule has 3 rings (SSSR count). The van der Waals surface area contributed by atoms with E-state index in [0.717, 1.165) is 0 Å². The van der Waals surface area contributed by atoms with Crippen molar-refractivity contribution in [2.24, 2.45) is 0 Å². The van der Waals surface area contributed by atoms with Crippen molar-refractivity contribution in [1.82, 2.24) is 0 Å². The second-order valence-corrected chi connectivity index (χ2v) is 7.90. The molecule has 32 heavy (non-hydrogen) atoms. The summed E-state index contributed by atoms with van der Waals surface area (Å²) in [6.07, 6.45) is -0.0131. The Morgan fingerprint density at radius 2 is 0.906 bits per heavy atom. The van der Waals surface area contributed by atoms with Gasteiger partial charge in [0.25, 0.3) is 0 Å². The van der Waals surface area contributed by atoms with Crippen LogP contribution in [0.2, 0.25) is 0 Å². The average Bonchev–Trinajstić information content (AvgIpc) is 2.73. The molecule has 0 saturated heterocycles. The molecule has 0 aliphatic carbocycles. The lowest BCUT2D eigenvalue weighted by Gasteiger charge is -2.18. The van der Waals surface area contributed by atoms with Gasteiger partial charge in [-0.05, 0) is 75.2 Å². The van der Waals surface area contributed by atoms with E-state index in [9.17, 15) is 19.8 Å². The molecule has 0 unspecified atom stereocenters. The van der Waals surface area contributed by atoms with Crippen LogP contribution in [0.5, 0.6) is 11.5 Å². The minimum Gasteiger partial charge on any atom is -0.491 e. The summed E-state index contributed by atoms with van der Waals surface area (Å²) in [5.41, 5.74) is 1.88. The van der Waals surface area contributed by atoms with E-state index in [2.05, 4.69) is 0 Å². The van der Waals surface area contributed by atoms with Gasteiger partial charge in [0.05, 0.1) is 23.3 Å². The quantitative estimate of drug-likeness (QED) is 0.452. The third kappa shape index (κ3) is 5.09. The van der Waals surface area contributed by atoms with Crippen LogP contribution in [0.15, 0.2) is 60.7 Å². The third-order valence-corrected chi connectivity index (χ3v) is 4.70. The second kappa shape index (κ2) is 9.56. The minimum atomic E-state index is -1.14. The minimum absolute atomic E-state index is 0.00657. The molecule has 0 aliphatic heterocycles. The Bertz CT molecular complexity index is 1020. The monoisotopic (exact) mass is 434 g/mol. The lowest BCUT2D eigenvalue weighted by molar-refractivity contribution is 0.0682. The molecule has 0 atom stereocenters. The summed E-state index contributed by atoms with van der Waals surface area (Å²) in [7, 11) is 0. The number of carboxylic acid groups (broad SMARTS) is 2. The molecule has 0 fully saturated rings. The maximum absolute atomic E-state index is 12.1. The smallest absolute Gasteiger partial charge is 0.336 e. The summed E-state index contributed by atoms with van der Waals surface area (Å²) in [6, 6.07) is 16.6. The van der Waals surface area contributed by atoms with E-state index < -0.39 is 11.9 Å². The number of aromatic carboxylic acids is 2. The summed E-state index contributed by atoms with van der Waals surface area (Å²) < 4.78 is 11.4. The molecule has 6 nitrogen and oxygen atoms in total. The Kier molecular flexibility index (Phi) is 6.83. The van der Waals surface area contributed by atoms with Crippen molar-refractivity contribution in [1.29, 1.82) is 0 Å². The Morgan fingerprint density at radius 3 is 1.16 bits per heavy atom. The van der Waals surface area contributed by atoms with Crippen molar-refractivity contribution in [3.05, 3.63) is 71.8 Å². The van der Waals surface area contributed by atoms with Crippen molar-refractivity contribution >= 4 is 11.9 Å². The lowest BCUT2D eigenvalue weighted by atomic mass is 9.87. The van der Waals surface area contributed by atoms with E-state index in [1.54, 1.807) is 48.5 Å². The number of hydrogen-bond donors (Lipinski definition) is 2. The second-order valence-electron chi connectivity index (χ2n) is 7.90. The molecule has 0 aromatic heterocycles. The van der Waals surface area contributed by atoms with Crippen LogP contribution in [0, 0.1) is 0 Å². The molecular weight excluding hydrogens is 408 g/mol. The highest BCUT2D eigenvalue weighted by Crippen LogP contribution is 2.39. The van der Waals surface area contributed by atoms with Crippen LogP contribution in [0.25, 0.3) is 22.3 Å². The number of carboxylic acids is 2. The largest absolute Gasteiger partial charge is 0.491 e. The van der Waals surface area contributed by atoms with Crippen molar-refractivity contribution in [3.63, 3.8) is 0 Å². The first-order valence-electron chi connectivity index (χ1n) is 10.3. The molecule has 0 bridgehead atoms. The van der Waals surface area contributed by atoms with Gasteiger partial charge in [-0.2, -0.15) is 0 Å². The third-order valence-electron chi connectivity index (χ3n) is 4.70. The molecular formula is C26H26O6. The van der Waals surface area contributed by atoms with Crippen molar-refractivity contribution in [2.45, 2.75) is 39.9 Å². The number of ether oxygens (including phenoxy) is 2. The van der Waals surface area contributed by atoms with E-state index in [1.807, 2.05) is 27.7 Å². The van der Waals surface area contributed by atoms with Crippen molar-refractivity contribution in [2.75, 3.05) is 0 Å². The number of hydrogen-bond acceptors (Lipinski definition) is 4. The summed E-state index contributed by atoms with van der Waals surface area (Å²) in [5.74, 6) is -0.987. The van der Waals surface area contributed by atoms with Crippen LogP contribution in [-0.4, -0.2) is 34.4 Å². The highest BCUT2D eigenvalue weighted by Gasteiger charge is 2.23. The maximum Gasteiger partial charge on any atom is 0.336 e. The van der Waals surface area contributed by atoms with E-state index in [4.69, 9.17) is 9.47 Å². The molecule has 166 valence electrons. The molecule has 6 heteroatoms. The highest BCUT2D eigenvalue weighted by molar-refractivity contribution is 6.08. The summed E-state index contributed by atoms with van der Waals surface area (Å²) >= 11 is 0. The number of rotatable bonds is 8. The zero-order valence-electron chi connectivity index (χ0n) is 18.5. The van der Waals surface area contributed by atoms with E-state index in [0.29, 0.717) is 33.8 Å². The predicted octanol–water partition coefficient (Wildman–Crippen LogP) is 5.99. The van der Waals surface area contributed by atoms with Gasteiger partial charge in [-0.25, -0.2) is 9.59 Å².